The standard InChI is InChI=1S/C13H22N2O2S/c1-13(8-16,9-17)7-15(2)6-11-5-14-12(18-11)10-3-4-10/h5,10,16-17H,3-4,6-9H2,1-2H3. The highest BCUT2D eigenvalue weighted by Crippen LogP contribution is 2.41. The highest BCUT2D eigenvalue weighted by atomic mass is 32.1. The Hall–Kier alpha value is -0.490. The van der Waals surface area contributed by atoms with Crippen LogP contribution in [0.1, 0.15) is 35.6 Å². The third kappa shape index (κ3) is 3.51. The van der Waals surface area contributed by atoms with Crippen molar-refractivity contribution in [1.29, 1.82) is 0 Å². The fourth-order valence-corrected chi connectivity index (χ4v) is 3.21. The van der Waals surface area contributed by atoms with Gasteiger partial charge >= 0.3 is 0 Å². The lowest BCUT2D eigenvalue weighted by Crippen LogP contribution is -2.38. The smallest absolute Gasteiger partial charge is 0.0959 e. The molecule has 1 aromatic rings. The van der Waals surface area contributed by atoms with E-state index in [2.05, 4.69) is 9.88 Å². The van der Waals surface area contributed by atoms with Gasteiger partial charge in [-0.25, -0.2) is 4.98 Å². The molecule has 2 N–H and O–H groups in total. The Balaban J connectivity index is 1.87. The van der Waals surface area contributed by atoms with Crippen molar-refractivity contribution in [2.24, 2.45) is 5.41 Å². The van der Waals surface area contributed by atoms with Gasteiger partial charge < -0.3 is 15.1 Å². The first-order chi connectivity index (χ1) is 8.56. The van der Waals surface area contributed by atoms with Gasteiger partial charge in [0.1, 0.15) is 0 Å². The van der Waals surface area contributed by atoms with Crippen molar-refractivity contribution in [1.82, 2.24) is 9.88 Å². The van der Waals surface area contributed by atoms with Crippen LogP contribution in [-0.4, -0.2) is 46.9 Å². The second-order valence-electron chi connectivity index (χ2n) is 5.74. The molecule has 1 fully saturated rings. The zero-order valence-corrected chi connectivity index (χ0v) is 11.9. The predicted octanol–water partition coefficient (Wildman–Crippen LogP) is 1.44. The molecule has 102 valence electrons. The van der Waals surface area contributed by atoms with Gasteiger partial charge in [0.25, 0.3) is 0 Å². The molecule has 1 heterocycles. The van der Waals surface area contributed by atoms with Crippen LogP contribution >= 0.6 is 11.3 Å². The van der Waals surface area contributed by atoms with Gasteiger partial charge in [0.2, 0.25) is 0 Å². The molecule has 18 heavy (non-hydrogen) atoms. The maximum atomic E-state index is 9.29. The van der Waals surface area contributed by atoms with Crippen molar-refractivity contribution < 1.29 is 10.2 Å². The molecule has 5 heteroatoms. The highest BCUT2D eigenvalue weighted by molar-refractivity contribution is 7.11. The number of hydrogen-bond donors (Lipinski definition) is 2. The minimum atomic E-state index is -0.432. The van der Waals surface area contributed by atoms with Gasteiger partial charge in [-0.15, -0.1) is 11.3 Å². The summed E-state index contributed by atoms with van der Waals surface area (Å²) in [5.74, 6) is 0.717. The van der Waals surface area contributed by atoms with E-state index in [0.717, 1.165) is 6.54 Å². The summed E-state index contributed by atoms with van der Waals surface area (Å²) in [6.07, 6.45) is 4.54. The lowest BCUT2D eigenvalue weighted by Gasteiger charge is -2.29. The molecule has 0 bridgehead atoms. The fraction of sp³-hybridized carbons (Fsp3) is 0.769. The number of hydrogen-bond acceptors (Lipinski definition) is 5. The highest BCUT2D eigenvalue weighted by Gasteiger charge is 2.27. The number of nitrogens with zero attached hydrogens (tertiary/aromatic N) is 2. The molecule has 1 saturated carbocycles. The topological polar surface area (TPSA) is 56.6 Å². The summed E-state index contributed by atoms with van der Waals surface area (Å²) in [5, 5.41) is 19.8. The number of thiazole rings is 1. The molecule has 0 atom stereocenters. The molecule has 0 radical (unpaired) electrons. The molecule has 2 rings (SSSR count). The minimum Gasteiger partial charge on any atom is -0.396 e. The molecular weight excluding hydrogens is 248 g/mol. The van der Waals surface area contributed by atoms with Gasteiger partial charge in [-0.2, -0.15) is 0 Å². The molecule has 0 aliphatic heterocycles. The Bertz CT molecular complexity index is 386. The summed E-state index contributed by atoms with van der Waals surface area (Å²) in [5.41, 5.74) is -0.432. The molecular formula is C13H22N2O2S. The maximum Gasteiger partial charge on any atom is 0.0959 e. The number of aliphatic hydroxyl groups is 2. The second-order valence-corrected chi connectivity index (χ2v) is 6.89. The van der Waals surface area contributed by atoms with Crippen LogP contribution in [0.2, 0.25) is 0 Å². The van der Waals surface area contributed by atoms with Crippen LogP contribution in [0.5, 0.6) is 0 Å². The van der Waals surface area contributed by atoms with Crippen LogP contribution in [0.15, 0.2) is 6.20 Å². The van der Waals surface area contributed by atoms with Gasteiger partial charge in [0, 0.05) is 35.5 Å². The van der Waals surface area contributed by atoms with Crippen molar-refractivity contribution in [3.05, 3.63) is 16.1 Å². The van der Waals surface area contributed by atoms with Crippen LogP contribution < -0.4 is 0 Å². The first-order valence-electron chi connectivity index (χ1n) is 6.41. The van der Waals surface area contributed by atoms with E-state index in [0.29, 0.717) is 12.5 Å². The van der Waals surface area contributed by atoms with E-state index >= 15 is 0 Å². The lowest BCUT2D eigenvalue weighted by atomic mass is 9.92. The number of aromatic nitrogens is 1. The molecule has 0 aromatic carbocycles. The summed E-state index contributed by atoms with van der Waals surface area (Å²) in [6.45, 7) is 3.41. The van der Waals surface area contributed by atoms with Crippen LogP contribution in [0.3, 0.4) is 0 Å². The van der Waals surface area contributed by atoms with Crippen molar-refractivity contribution in [2.75, 3.05) is 26.8 Å². The zero-order chi connectivity index (χ0) is 13.2. The third-order valence-corrected chi connectivity index (χ3v) is 4.48. The van der Waals surface area contributed by atoms with Crippen molar-refractivity contribution >= 4 is 11.3 Å². The molecule has 1 aromatic heterocycles. The SMILES string of the molecule is CN(Cc1cnc(C2CC2)s1)CC(C)(CO)CO. The average molecular weight is 270 g/mol. The Morgan fingerprint density at radius 3 is 2.67 bits per heavy atom. The summed E-state index contributed by atoms with van der Waals surface area (Å²) < 4.78 is 0. The van der Waals surface area contributed by atoms with Gasteiger partial charge in [0.15, 0.2) is 0 Å². The maximum absolute atomic E-state index is 9.29. The van der Waals surface area contributed by atoms with E-state index in [1.54, 1.807) is 11.3 Å². The summed E-state index contributed by atoms with van der Waals surface area (Å²) in [4.78, 5) is 7.86. The van der Waals surface area contributed by atoms with Crippen molar-refractivity contribution in [3.8, 4) is 0 Å². The van der Waals surface area contributed by atoms with E-state index in [-0.39, 0.29) is 13.2 Å². The predicted molar refractivity (Wildman–Crippen MR) is 72.7 cm³/mol. The first-order valence-corrected chi connectivity index (χ1v) is 7.23. The summed E-state index contributed by atoms with van der Waals surface area (Å²) in [7, 11) is 2.01. The molecule has 0 unspecified atom stereocenters. The number of aliphatic hydroxyl groups excluding tert-OH is 2. The van der Waals surface area contributed by atoms with Gasteiger partial charge in [0.05, 0.1) is 18.2 Å². The normalized spacial score (nSPS) is 16.5. The van der Waals surface area contributed by atoms with Crippen LogP contribution in [-0.2, 0) is 6.54 Å². The van der Waals surface area contributed by atoms with E-state index in [4.69, 9.17) is 0 Å². The van der Waals surface area contributed by atoms with Gasteiger partial charge in [-0.3, -0.25) is 0 Å². The zero-order valence-electron chi connectivity index (χ0n) is 11.1. The van der Waals surface area contributed by atoms with Crippen LogP contribution in [0, 0.1) is 5.41 Å². The monoisotopic (exact) mass is 270 g/mol. The van der Waals surface area contributed by atoms with Crippen molar-refractivity contribution in [3.63, 3.8) is 0 Å². The number of rotatable bonds is 7. The fourth-order valence-electron chi connectivity index (χ4n) is 2.04. The molecule has 0 spiro atoms. The van der Waals surface area contributed by atoms with E-state index < -0.39 is 5.41 Å². The van der Waals surface area contributed by atoms with E-state index in [9.17, 15) is 10.2 Å². The Morgan fingerprint density at radius 1 is 1.44 bits per heavy atom. The first kappa shape index (κ1) is 13.9. The quantitative estimate of drug-likeness (QED) is 0.787. The molecule has 0 saturated heterocycles. The summed E-state index contributed by atoms with van der Waals surface area (Å²) >= 11 is 1.80. The Morgan fingerprint density at radius 2 is 2.11 bits per heavy atom. The minimum absolute atomic E-state index is 0.00382. The Kier molecular flexibility index (Phi) is 4.37. The van der Waals surface area contributed by atoms with Crippen LogP contribution in [0.25, 0.3) is 0 Å². The van der Waals surface area contributed by atoms with Gasteiger partial charge in [-0.05, 0) is 19.9 Å². The lowest BCUT2D eigenvalue weighted by molar-refractivity contribution is 0.0404. The largest absolute Gasteiger partial charge is 0.396 e. The van der Waals surface area contributed by atoms with Crippen molar-refractivity contribution in [2.45, 2.75) is 32.2 Å². The molecule has 1 aliphatic carbocycles. The average Bonchev–Trinajstić information content (AvgIpc) is 3.10. The molecule has 4 nitrogen and oxygen atoms in total. The third-order valence-electron chi connectivity index (χ3n) is 3.34. The van der Waals surface area contributed by atoms with Crippen LogP contribution in [0.4, 0.5) is 0 Å². The van der Waals surface area contributed by atoms with E-state index in [1.807, 2.05) is 20.2 Å². The second kappa shape index (κ2) is 5.65. The van der Waals surface area contributed by atoms with Gasteiger partial charge in [-0.1, -0.05) is 6.92 Å². The summed E-state index contributed by atoms with van der Waals surface area (Å²) in [6, 6.07) is 0. The van der Waals surface area contributed by atoms with E-state index in [1.165, 1.54) is 22.7 Å². The molecule has 1 aliphatic rings. The Labute approximate surface area is 112 Å². The molecule has 0 amide bonds.